The average molecular weight is 375 g/mol. The summed E-state index contributed by atoms with van der Waals surface area (Å²) in [5, 5.41) is 0. The van der Waals surface area contributed by atoms with Crippen LogP contribution in [0, 0.1) is 6.92 Å². The minimum Gasteiger partial charge on any atom is -0.321 e. The van der Waals surface area contributed by atoms with Gasteiger partial charge in [0, 0.05) is 25.4 Å². The summed E-state index contributed by atoms with van der Waals surface area (Å²) in [5.41, 5.74) is 1.57. The number of thiazole rings is 1. The van der Waals surface area contributed by atoms with Gasteiger partial charge in [-0.15, -0.1) is 12.4 Å². The van der Waals surface area contributed by atoms with Crippen LogP contribution in [-0.2, 0) is 16.4 Å². The highest BCUT2D eigenvalue weighted by Gasteiger charge is 2.12. The first kappa shape index (κ1) is 19.6. The Hall–Kier alpha value is -1.44. The van der Waals surface area contributed by atoms with E-state index in [2.05, 4.69) is 4.99 Å². The van der Waals surface area contributed by atoms with Gasteiger partial charge >= 0.3 is 0 Å². The molecule has 23 heavy (non-hydrogen) atoms. The van der Waals surface area contributed by atoms with E-state index in [0.29, 0.717) is 10.6 Å². The summed E-state index contributed by atoms with van der Waals surface area (Å²) >= 11 is 1.35. The van der Waals surface area contributed by atoms with Gasteiger partial charge in [-0.25, -0.2) is 13.4 Å². The zero-order valence-corrected chi connectivity index (χ0v) is 15.8. The fourth-order valence-corrected chi connectivity index (χ4v) is 3.89. The number of benzene rings is 1. The van der Waals surface area contributed by atoms with Crippen LogP contribution in [0.15, 0.2) is 34.2 Å². The third-order valence-corrected chi connectivity index (χ3v) is 5.69. The van der Waals surface area contributed by atoms with Gasteiger partial charge in [-0.1, -0.05) is 11.3 Å². The van der Waals surface area contributed by atoms with Crippen LogP contribution >= 0.6 is 23.7 Å². The second-order valence-electron chi connectivity index (χ2n) is 4.98. The van der Waals surface area contributed by atoms with Crippen LogP contribution < -0.4 is 4.80 Å². The molecule has 8 heteroatoms. The Morgan fingerprint density at radius 3 is 2.26 bits per heavy atom. The van der Waals surface area contributed by atoms with Gasteiger partial charge in [0.05, 0.1) is 15.5 Å². The summed E-state index contributed by atoms with van der Waals surface area (Å²) in [6.45, 7) is 6.16. The number of carbonyl (C=O) groups is 1. The van der Waals surface area contributed by atoms with Crippen LogP contribution in [0.25, 0.3) is 0 Å². The average Bonchev–Trinajstić information content (AvgIpc) is 2.74. The SMILES string of the molecule is CCn1c(C)c(C(C)=O)s/c1=N\c1ccc(S(C)(=O)=O)cc1.Cl. The number of rotatable bonds is 4. The van der Waals surface area contributed by atoms with Crippen LogP contribution in [-0.4, -0.2) is 25.0 Å². The first-order valence-corrected chi connectivity index (χ1v) is 9.51. The highest BCUT2D eigenvalue weighted by molar-refractivity contribution is 7.90. The third-order valence-electron chi connectivity index (χ3n) is 3.28. The van der Waals surface area contributed by atoms with Crippen molar-refractivity contribution in [1.82, 2.24) is 4.57 Å². The van der Waals surface area contributed by atoms with Gasteiger partial charge in [0.1, 0.15) is 0 Å². The van der Waals surface area contributed by atoms with Gasteiger partial charge in [0.15, 0.2) is 20.4 Å². The predicted molar refractivity (Wildman–Crippen MR) is 94.7 cm³/mol. The highest BCUT2D eigenvalue weighted by Crippen LogP contribution is 2.18. The molecule has 1 heterocycles. The second-order valence-corrected chi connectivity index (χ2v) is 7.97. The molecular weight excluding hydrogens is 356 g/mol. The first-order chi connectivity index (χ1) is 10.2. The van der Waals surface area contributed by atoms with Gasteiger partial charge in [-0.3, -0.25) is 4.79 Å². The Balaban J connectivity index is 0.00000264. The van der Waals surface area contributed by atoms with E-state index in [9.17, 15) is 13.2 Å². The lowest BCUT2D eigenvalue weighted by Crippen LogP contribution is -2.14. The number of hydrogen-bond acceptors (Lipinski definition) is 5. The zero-order valence-electron chi connectivity index (χ0n) is 13.4. The first-order valence-electron chi connectivity index (χ1n) is 6.80. The molecule has 0 spiro atoms. The Bertz CT molecular complexity index is 878. The summed E-state index contributed by atoms with van der Waals surface area (Å²) in [7, 11) is -3.21. The topological polar surface area (TPSA) is 68.5 Å². The molecule has 0 atom stereocenters. The Morgan fingerprint density at radius 1 is 1.26 bits per heavy atom. The Morgan fingerprint density at radius 2 is 1.83 bits per heavy atom. The van der Waals surface area contributed by atoms with E-state index in [1.807, 2.05) is 18.4 Å². The van der Waals surface area contributed by atoms with Crippen molar-refractivity contribution in [3.05, 3.63) is 39.6 Å². The molecule has 0 aliphatic heterocycles. The van der Waals surface area contributed by atoms with Crippen LogP contribution in [0.4, 0.5) is 5.69 Å². The molecule has 0 amide bonds. The van der Waals surface area contributed by atoms with Crippen molar-refractivity contribution >= 4 is 45.1 Å². The molecule has 0 saturated carbocycles. The number of aromatic nitrogens is 1. The van der Waals surface area contributed by atoms with Crippen molar-refractivity contribution in [2.75, 3.05) is 6.26 Å². The molecule has 0 N–H and O–H groups in total. The molecule has 1 aromatic carbocycles. The molecule has 126 valence electrons. The van der Waals surface area contributed by atoms with Crippen LogP contribution in [0.3, 0.4) is 0 Å². The molecule has 5 nitrogen and oxygen atoms in total. The largest absolute Gasteiger partial charge is 0.321 e. The van der Waals surface area contributed by atoms with Crippen LogP contribution in [0.1, 0.15) is 29.2 Å². The maximum absolute atomic E-state index is 11.6. The fourth-order valence-electron chi connectivity index (χ4n) is 2.15. The number of sulfone groups is 1. The molecule has 0 aliphatic carbocycles. The summed E-state index contributed by atoms with van der Waals surface area (Å²) in [4.78, 5) is 17.9. The number of ketones is 1. The number of carbonyl (C=O) groups excluding carboxylic acids is 1. The lowest BCUT2D eigenvalue weighted by Gasteiger charge is -2.02. The van der Waals surface area contributed by atoms with E-state index in [4.69, 9.17) is 0 Å². The van der Waals surface area contributed by atoms with E-state index < -0.39 is 9.84 Å². The molecule has 0 fully saturated rings. The molecule has 0 saturated heterocycles. The van der Waals surface area contributed by atoms with Crippen molar-refractivity contribution in [3.8, 4) is 0 Å². The fraction of sp³-hybridized carbons (Fsp3) is 0.333. The standard InChI is InChI=1S/C15H18N2O3S2.ClH/c1-5-17-10(2)14(11(3)18)21-15(17)16-12-6-8-13(9-7-12)22(4,19)20;/h6-9H,5H2,1-4H3;1H/b16-15-;. The van der Waals surface area contributed by atoms with E-state index in [1.54, 1.807) is 19.1 Å². The summed E-state index contributed by atoms with van der Waals surface area (Å²) < 4.78 is 24.9. The van der Waals surface area contributed by atoms with Gasteiger partial charge in [-0.05, 0) is 38.1 Å². The zero-order chi connectivity index (χ0) is 16.5. The maximum atomic E-state index is 11.6. The third kappa shape index (κ3) is 4.31. The van der Waals surface area contributed by atoms with E-state index >= 15 is 0 Å². The maximum Gasteiger partial charge on any atom is 0.190 e. The quantitative estimate of drug-likeness (QED) is 0.772. The van der Waals surface area contributed by atoms with Gasteiger partial charge in [0.2, 0.25) is 0 Å². The molecule has 1 aromatic heterocycles. The summed E-state index contributed by atoms with van der Waals surface area (Å²) in [5.74, 6) is 0.0265. The van der Waals surface area contributed by atoms with Crippen molar-refractivity contribution in [3.63, 3.8) is 0 Å². The number of nitrogens with zero attached hydrogens (tertiary/aromatic N) is 2. The van der Waals surface area contributed by atoms with Crippen molar-refractivity contribution in [2.45, 2.75) is 32.2 Å². The summed E-state index contributed by atoms with van der Waals surface area (Å²) in [6, 6.07) is 6.41. The minimum absolute atomic E-state index is 0. The predicted octanol–water partition coefficient (Wildman–Crippen LogP) is 3.14. The Labute approximate surface area is 146 Å². The van der Waals surface area contributed by atoms with Crippen LogP contribution in [0.5, 0.6) is 0 Å². The van der Waals surface area contributed by atoms with Gasteiger partial charge < -0.3 is 4.57 Å². The van der Waals surface area contributed by atoms with Crippen LogP contribution in [0.2, 0.25) is 0 Å². The number of Topliss-reactive ketones (excluding diaryl/α,β-unsaturated/α-hetero) is 1. The lowest BCUT2D eigenvalue weighted by atomic mass is 10.3. The van der Waals surface area contributed by atoms with Crippen molar-refractivity contribution in [1.29, 1.82) is 0 Å². The second kappa shape index (κ2) is 7.42. The minimum atomic E-state index is -3.21. The highest BCUT2D eigenvalue weighted by atomic mass is 35.5. The molecule has 0 radical (unpaired) electrons. The Kier molecular flexibility index (Phi) is 6.33. The van der Waals surface area contributed by atoms with E-state index in [-0.39, 0.29) is 23.1 Å². The molecule has 0 aliphatic rings. The molecular formula is C15H19ClN2O3S2. The molecule has 0 unspecified atom stereocenters. The summed E-state index contributed by atoms with van der Waals surface area (Å²) in [6.07, 6.45) is 1.17. The van der Waals surface area contributed by atoms with Crippen molar-refractivity contribution in [2.24, 2.45) is 4.99 Å². The number of hydrogen-bond donors (Lipinski definition) is 0. The van der Waals surface area contributed by atoms with E-state index in [1.165, 1.54) is 29.7 Å². The van der Waals surface area contributed by atoms with Crippen molar-refractivity contribution < 1.29 is 13.2 Å². The lowest BCUT2D eigenvalue weighted by molar-refractivity contribution is 0.102. The smallest absolute Gasteiger partial charge is 0.190 e. The van der Waals surface area contributed by atoms with Gasteiger partial charge in [0.25, 0.3) is 0 Å². The molecule has 2 rings (SSSR count). The van der Waals surface area contributed by atoms with E-state index in [0.717, 1.165) is 17.0 Å². The molecule has 2 aromatic rings. The van der Waals surface area contributed by atoms with Gasteiger partial charge in [-0.2, -0.15) is 0 Å². The molecule has 0 bridgehead atoms. The monoisotopic (exact) mass is 374 g/mol. The number of halogens is 1. The normalized spacial score (nSPS) is 12.1.